The second-order valence-electron chi connectivity index (χ2n) is 9.58. The number of morpholine rings is 1. The van der Waals surface area contributed by atoms with Gasteiger partial charge in [-0.25, -0.2) is 0 Å². The van der Waals surface area contributed by atoms with Crippen molar-refractivity contribution < 1.29 is 19.1 Å². The molecule has 1 unspecified atom stereocenters. The van der Waals surface area contributed by atoms with E-state index in [0.29, 0.717) is 44.5 Å². The summed E-state index contributed by atoms with van der Waals surface area (Å²) in [5.74, 6) is 0.0469. The van der Waals surface area contributed by atoms with Crippen molar-refractivity contribution in [1.29, 1.82) is 0 Å². The fourth-order valence-corrected chi connectivity index (χ4v) is 5.09. The first-order chi connectivity index (χ1) is 17.0. The molecule has 2 aromatic rings. The summed E-state index contributed by atoms with van der Waals surface area (Å²) in [5, 5.41) is 5.87. The van der Waals surface area contributed by atoms with Crippen molar-refractivity contribution >= 4 is 17.7 Å². The van der Waals surface area contributed by atoms with Crippen molar-refractivity contribution in [2.24, 2.45) is 0 Å². The van der Waals surface area contributed by atoms with Gasteiger partial charge >= 0.3 is 0 Å². The molecule has 8 heteroatoms. The first-order valence-electron chi connectivity index (χ1n) is 12.4. The molecule has 0 spiro atoms. The predicted molar refractivity (Wildman–Crippen MR) is 130 cm³/mol. The van der Waals surface area contributed by atoms with E-state index in [2.05, 4.69) is 27.7 Å². The van der Waals surface area contributed by atoms with Gasteiger partial charge in [-0.05, 0) is 34.7 Å². The Labute approximate surface area is 205 Å². The minimum atomic E-state index is -0.0235. The molecule has 2 aromatic carbocycles. The van der Waals surface area contributed by atoms with Crippen LogP contribution in [0.3, 0.4) is 0 Å². The summed E-state index contributed by atoms with van der Waals surface area (Å²) >= 11 is 0. The van der Waals surface area contributed by atoms with Crippen LogP contribution in [0.2, 0.25) is 0 Å². The van der Waals surface area contributed by atoms with Gasteiger partial charge in [-0.1, -0.05) is 36.4 Å². The fourth-order valence-electron chi connectivity index (χ4n) is 5.09. The monoisotopic (exact) mass is 476 g/mol. The fraction of sp³-hybridized carbons (Fsp3) is 0.444. The zero-order valence-electron chi connectivity index (χ0n) is 19.9. The highest BCUT2D eigenvalue weighted by atomic mass is 16.5. The third-order valence-corrected chi connectivity index (χ3v) is 7.04. The number of fused-ring (bicyclic) bond motifs is 1. The Morgan fingerprint density at radius 2 is 1.89 bits per heavy atom. The molecular weight excluding hydrogens is 444 g/mol. The van der Waals surface area contributed by atoms with Gasteiger partial charge < -0.3 is 20.3 Å². The normalized spacial score (nSPS) is 20.5. The standard InChI is InChI=1S/C27H32N4O4/c32-25-7-5-23(16-29-25)31-18-22-13-20(4-6-24(22)27(31)34)15-28-26(33)14-19-2-1-3-21(12-19)17-30-8-10-35-11-9-30/h1-4,6,12-13,23H,5,7-11,14-18H2,(H,28,33)(H,29,32). The number of hydrogen-bond acceptors (Lipinski definition) is 5. The molecule has 184 valence electrons. The quantitative estimate of drug-likeness (QED) is 0.634. The molecule has 2 N–H and O–H groups in total. The van der Waals surface area contributed by atoms with E-state index in [9.17, 15) is 14.4 Å². The summed E-state index contributed by atoms with van der Waals surface area (Å²) in [5.41, 5.74) is 4.89. The van der Waals surface area contributed by atoms with Gasteiger partial charge in [0.15, 0.2) is 0 Å². The molecule has 0 bridgehead atoms. The van der Waals surface area contributed by atoms with Gasteiger partial charge in [-0.3, -0.25) is 19.3 Å². The van der Waals surface area contributed by atoms with Crippen LogP contribution < -0.4 is 10.6 Å². The van der Waals surface area contributed by atoms with E-state index in [4.69, 9.17) is 4.74 Å². The molecular formula is C27H32N4O4. The Balaban J connectivity index is 1.14. The van der Waals surface area contributed by atoms with Crippen LogP contribution in [0.5, 0.6) is 0 Å². The average Bonchev–Trinajstić information content (AvgIpc) is 3.20. The summed E-state index contributed by atoms with van der Waals surface area (Å²) < 4.78 is 5.42. The maximum atomic E-state index is 12.8. The number of nitrogens with zero attached hydrogens (tertiary/aromatic N) is 2. The van der Waals surface area contributed by atoms with Gasteiger partial charge in [0.25, 0.3) is 5.91 Å². The molecule has 0 aromatic heterocycles. The van der Waals surface area contributed by atoms with Crippen LogP contribution in [-0.2, 0) is 40.4 Å². The Bertz CT molecular complexity index is 1100. The van der Waals surface area contributed by atoms with Crippen molar-refractivity contribution in [2.75, 3.05) is 32.8 Å². The van der Waals surface area contributed by atoms with Crippen molar-refractivity contribution in [3.63, 3.8) is 0 Å². The molecule has 2 fully saturated rings. The van der Waals surface area contributed by atoms with Crippen LogP contribution in [-0.4, -0.2) is 66.4 Å². The van der Waals surface area contributed by atoms with E-state index >= 15 is 0 Å². The summed E-state index contributed by atoms with van der Waals surface area (Å²) in [7, 11) is 0. The molecule has 3 heterocycles. The minimum absolute atomic E-state index is 0.0219. The number of piperidine rings is 1. The third-order valence-electron chi connectivity index (χ3n) is 7.04. The van der Waals surface area contributed by atoms with Crippen molar-refractivity contribution in [3.8, 4) is 0 Å². The van der Waals surface area contributed by atoms with E-state index in [0.717, 1.165) is 49.5 Å². The summed E-state index contributed by atoms with van der Waals surface area (Å²) in [6, 6.07) is 14.0. The molecule has 0 aliphatic carbocycles. The maximum Gasteiger partial charge on any atom is 0.254 e. The number of carbonyl (C=O) groups excluding carboxylic acids is 3. The van der Waals surface area contributed by atoms with E-state index in [1.165, 1.54) is 5.56 Å². The number of hydrogen-bond donors (Lipinski definition) is 2. The number of carbonyl (C=O) groups is 3. The number of nitrogens with one attached hydrogen (secondary N) is 2. The van der Waals surface area contributed by atoms with Gasteiger partial charge in [-0.15, -0.1) is 0 Å². The third kappa shape index (κ3) is 5.71. The molecule has 0 saturated carbocycles. The lowest BCUT2D eigenvalue weighted by atomic mass is 10.1. The molecule has 0 radical (unpaired) electrons. The molecule has 1 atom stereocenters. The zero-order valence-corrected chi connectivity index (χ0v) is 19.9. The second kappa shape index (κ2) is 10.6. The van der Waals surface area contributed by atoms with Crippen molar-refractivity contribution in [2.45, 2.75) is 44.9 Å². The molecule has 5 rings (SSSR count). The van der Waals surface area contributed by atoms with Crippen molar-refractivity contribution in [1.82, 2.24) is 20.4 Å². The largest absolute Gasteiger partial charge is 0.379 e. The Kier molecular flexibility index (Phi) is 7.11. The molecule has 35 heavy (non-hydrogen) atoms. The van der Waals surface area contributed by atoms with Crippen LogP contribution in [0, 0.1) is 0 Å². The molecule has 2 saturated heterocycles. The summed E-state index contributed by atoms with van der Waals surface area (Å²) in [6.45, 7) is 5.77. The van der Waals surface area contributed by atoms with Gasteiger partial charge in [0.1, 0.15) is 0 Å². The zero-order chi connectivity index (χ0) is 24.2. The van der Waals surface area contributed by atoms with E-state index in [1.807, 2.05) is 35.2 Å². The molecule has 3 aliphatic heterocycles. The van der Waals surface area contributed by atoms with E-state index in [-0.39, 0.29) is 23.8 Å². The second-order valence-corrected chi connectivity index (χ2v) is 9.58. The lowest BCUT2D eigenvalue weighted by molar-refractivity contribution is -0.123. The van der Waals surface area contributed by atoms with Crippen LogP contribution >= 0.6 is 0 Å². The Hall–Kier alpha value is -3.23. The van der Waals surface area contributed by atoms with Gasteiger partial charge in [0, 0.05) is 51.3 Å². The number of ether oxygens (including phenoxy) is 1. The minimum Gasteiger partial charge on any atom is -0.379 e. The lowest BCUT2D eigenvalue weighted by Gasteiger charge is -2.31. The number of benzene rings is 2. The van der Waals surface area contributed by atoms with E-state index < -0.39 is 0 Å². The van der Waals surface area contributed by atoms with Crippen LogP contribution in [0.15, 0.2) is 42.5 Å². The van der Waals surface area contributed by atoms with Crippen LogP contribution in [0.4, 0.5) is 0 Å². The van der Waals surface area contributed by atoms with E-state index in [1.54, 1.807) is 0 Å². The van der Waals surface area contributed by atoms with Gasteiger partial charge in [0.05, 0.1) is 25.7 Å². The SMILES string of the molecule is O=C1CCC(N2Cc3cc(CNC(=O)Cc4cccc(CN5CCOCC5)c4)ccc3C2=O)CN1. The van der Waals surface area contributed by atoms with Crippen molar-refractivity contribution in [3.05, 3.63) is 70.3 Å². The summed E-state index contributed by atoms with van der Waals surface area (Å²) in [4.78, 5) is 41.1. The highest BCUT2D eigenvalue weighted by molar-refractivity contribution is 5.98. The average molecular weight is 477 g/mol. The smallest absolute Gasteiger partial charge is 0.254 e. The van der Waals surface area contributed by atoms with Crippen LogP contribution in [0.25, 0.3) is 0 Å². The number of amides is 3. The summed E-state index contributed by atoms with van der Waals surface area (Å²) in [6.07, 6.45) is 1.49. The van der Waals surface area contributed by atoms with Crippen LogP contribution in [0.1, 0.15) is 45.5 Å². The lowest BCUT2D eigenvalue weighted by Crippen LogP contribution is -2.48. The molecule has 3 amide bonds. The topological polar surface area (TPSA) is 91.0 Å². The predicted octanol–water partition coefficient (Wildman–Crippen LogP) is 1.61. The Morgan fingerprint density at radius 1 is 1.06 bits per heavy atom. The highest BCUT2D eigenvalue weighted by Gasteiger charge is 2.34. The first-order valence-corrected chi connectivity index (χ1v) is 12.4. The number of rotatable bonds is 7. The molecule has 3 aliphatic rings. The van der Waals surface area contributed by atoms with Gasteiger partial charge in [-0.2, -0.15) is 0 Å². The Morgan fingerprint density at radius 3 is 2.69 bits per heavy atom. The van der Waals surface area contributed by atoms with Gasteiger partial charge in [0.2, 0.25) is 11.8 Å². The molecule has 8 nitrogen and oxygen atoms in total. The maximum absolute atomic E-state index is 12.8. The highest BCUT2D eigenvalue weighted by Crippen LogP contribution is 2.27. The first kappa shape index (κ1) is 23.5.